The number of nitrogens with two attached hydrogens (primary N) is 1. The molecule has 1 atom stereocenters. The third kappa shape index (κ3) is 4.05. The Kier molecular flexibility index (Phi) is 4.35. The predicted molar refractivity (Wildman–Crippen MR) is 59.2 cm³/mol. The summed E-state index contributed by atoms with van der Waals surface area (Å²) in [5.74, 6) is 0.420. The molecule has 0 aliphatic carbocycles. The van der Waals surface area contributed by atoms with Crippen molar-refractivity contribution >= 4 is 9.84 Å². The minimum atomic E-state index is -2.86. The Labute approximate surface area is 90.4 Å². The Morgan fingerprint density at radius 3 is 2.80 bits per heavy atom. The van der Waals surface area contributed by atoms with Crippen molar-refractivity contribution in [1.29, 1.82) is 0 Å². The molecule has 1 unspecified atom stereocenters. The van der Waals surface area contributed by atoms with Crippen molar-refractivity contribution in [2.24, 2.45) is 5.73 Å². The zero-order chi connectivity index (χ0) is 11.3. The lowest BCUT2D eigenvalue weighted by Gasteiger charge is -2.08. The Hall–Kier alpha value is -0.810. The normalized spacial score (nSPS) is 14.0. The molecule has 15 heavy (non-hydrogen) atoms. The monoisotopic (exact) mass is 231 g/mol. The second kappa shape index (κ2) is 5.32. The second-order valence-electron chi connectivity index (χ2n) is 3.54. The fourth-order valence-electron chi connectivity index (χ4n) is 1.32. The van der Waals surface area contributed by atoms with Gasteiger partial charge < -0.3 is 10.2 Å². The summed E-state index contributed by atoms with van der Waals surface area (Å²) in [7, 11) is -2.86. The van der Waals surface area contributed by atoms with E-state index in [1.54, 1.807) is 25.5 Å². The molecule has 1 aromatic rings. The molecule has 1 rings (SSSR count). The molecule has 0 amide bonds. The lowest BCUT2D eigenvalue weighted by Crippen LogP contribution is -2.13. The standard InChI is InChI=1S/C10H17NO3S/c1-2-15(12,13)7-3-4-10(11)9-5-6-14-8-9/h5-6,8,10H,2-4,7,11H2,1H3. The molecule has 1 aromatic heterocycles. The smallest absolute Gasteiger partial charge is 0.150 e. The number of hydrogen-bond donors (Lipinski definition) is 1. The molecule has 0 fully saturated rings. The van der Waals surface area contributed by atoms with Crippen LogP contribution in [0.1, 0.15) is 31.4 Å². The van der Waals surface area contributed by atoms with Crippen LogP contribution in [0.3, 0.4) is 0 Å². The minimum Gasteiger partial charge on any atom is -0.472 e. The summed E-state index contributed by atoms with van der Waals surface area (Å²) in [5.41, 5.74) is 6.78. The number of hydrogen-bond acceptors (Lipinski definition) is 4. The van der Waals surface area contributed by atoms with E-state index in [1.165, 1.54) is 0 Å². The van der Waals surface area contributed by atoms with Crippen LogP contribution in [0.25, 0.3) is 0 Å². The van der Waals surface area contributed by atoms with Crippen LogP contribution < -0.4 is 5.73 Å². The van der Waals surface area contributed by atoms with E-state index in [4.69, 9.17) is 10.2 Å². The van der Waals surface area contributed by atoms with Crippen LogP contribution in [0.5, 0.6) is 0 Å². The van der Waals surface area contributed by atoms with Crippen LogP contribution in [0, 0.1) is 0 Å². The van der Waals surface area contributed by atoms with E-state index in [-0.39, 0.29) is 17.5 Å². The van der Waals surface area contributed by atoms with Crippen LogP contribution in [-0.2, 0) is 9.84 Å². The SMILES string of the molecule is CCS(=O)(=O)CCCC(N)c1ccoc1. The van der Waals surface area contributed by atoms with Gasteiger partial charge >= 0.3 is 0 Å². The largest absolute Gasteiger partial charge is 0.472 e. The molecular weight excluding hydrogens is 214 g/mol. The zero-order valence-corrected chi connectivity index (χ0v) is 9.66. The average Bonchev–Trinajstić information content (AvgIpc) is 2.70. The molecular formula is C10H17NO3S. The summed E-state index contributed by atoms with van der Waals surface area (Å²) in [6.07, 6.45) is 4.43. The van der Waals surface area contributed by atoms with Gasteiger partial charge in [-0.1, -0.05) is 6.92 Å². The summed E-state index contributed by atoms with van der Waals surface area (Å²) in [5, 5.41) is 0. The topological polar surface area (TPSA) is 73.3 Å². The lowest BCUT2D eigenvalue weighted by molar-refractivity contribution is 0.551. The van der Waals surface area contributed by atoms with Crippen LogP contribution in [0.15, 0.2) is 23.0 Å². The predicted octanol–water partition coefficient (Wildman–Crippen LogP) is 1.49. The van der Waals surface area contributed by atoms with Gasteiger partial charge in [0.15, 0.2) is 0 Å². The summed E-state index contributed by atoms with van der Waals surface area (Å²) >= 11 is 0. The third-order valence-corrected chi connectivity index (χ3v) is 4.17. The molecule has 0 aliphatic rings. The van der Waals surface area contributed by atoms with Crippen molar-refractivity contribution in [3.8, 4) is 0 Å². The van der Waals surface area contributed by atoms with E-state index in [0.29, 0.717) is 12.8 Å². The first-order valence-electron chi connectivity index (χ1n) is 5.03. The molecule has 0 spiro atoms. The quantitative estimate of drug-likeness (QED) is 0.805. The van der Waals surface area contributed by atoms with Crippen LogP contribution in [0.2, 0.25) is 0 Å². The molecule has 5 heteroatoms. The molecule has 0 saturated heterocycles. The number of rotatable bonds is 6. The van der Waals surface area contributed by atoms with E-state index < -0.39 is 9.84 Å². The van der Waals surface area contributed by atoms with Crippen LogP contribution >= 0.6 is 0 Å². The molecule has 1 heterocycles. The maximum atomic E-state index is 11.2. The molecule has 4 nitrogen and oxygen atoms in total. The van der Waals surface area contributed by atoms with E-state index in [1.807, 2.05) is 0 Å². The first-order chi connectivity index (χ1) is 7.05. The molecule has 86 valence electrons. The molecule has 0 radical (unpaired) electrons. The molecule has 0 saturated carbocycles. The van der Waals surface area contributed by atoms with Gasteiger partial charge in [-0.05, 0) is 18.9 Å². The highest BCUT2D eigenvalue weighted by molar-refractivity contribution is 7.91. The van der Waals surface area contributed by atoms with E-state index in [0.717, 1.165) is 5.56 Å². The van der Waals surface area contributed by atoms with Crippen molar-refractivity contribution in [3.05, 3.63) is 24.2 Å². The highest BCUT2D eigenvalue weighted by Gasteiger charge is 2.11. The van der Waals surface area contributed by atoms with Gasteiger partial charge in [0.05, 0.1) is 18.3 Å². The average molecular weight is 231 g/mol. The summed E-state index contributed by atoms with van der Waals surface area (Å²) in [6.45, 7) is 1.66. The van der Waals surface area contributed by atoms with Crippen molar-refractivity contribution < 1.29 is 12.8 Å². The highest BCUT2D eigenvalue weighted by Crippen LogP contribution is 2.16. The van der Waals surface area contributed by atoms with Gasteiger partial charge in [-0.3, -0.25) is 0 Å². The summed E-state index contributed by atoms with van der Waals surface area (Å²) in [6, 6.07) is 1.68. The lowest BCUT2D eigenvalue weighted by atomic mass is 10.1. The molecule has 0 aromatic carbocycles. The van der Waals surface area contributed by atoms with Gasteiger partial charge in [0.25, 0.3) is 0 Å². The summed E-state index contributed by atoms with van der Waals surface area (Å²) < 4.78 is 27.3. The van der Waals surface area contributed by atoms with Gasteiger partial charge in [-0.25, -0.2) is 8.42 Å². The Bertz CT molecular complexity index is 369. The minimum absolute atomic E-state index is 0.129. The van der Waals surface area contributed by atoms with Crippen molar-refractivity contribution in [2.45, 2.75) is 25.8 Å². The van der Waals surface area contributed by atoms with Crippen LogP contribution in [0.4, 0.5) is 0 Å². The Morgan fingerprint density at radius 1 is 1.53 bits per heavy atom. The van der Waals surface area contributed by atoms with Crippen molar-refractivity contribution in [3.63, 3.8) is 0 Å². The fraction of sp³-hybridized carbons (Fsp3) is 0.600. The van der Waals surface area contributed by atoms with Gasteiger partial charge in [0.2, 0.25) is 0 Å². The molecule has 2 N–H and O–H groups in total. The maximum Gasteiger partial charge on any atom is 0.150 e. The number of sulfone groups is 1. The second-order valence-corrected chi connectivity index (χ2v) is 6.01. The summed E-state index contributed by atoms with van der Waals surface area (Å²) in [4.78, 5) is 0. The molecule has 0 bridgehead atoms. The van der Waals surface area contributed by atoms with Crippen LogP contribution in [-0.4, -0.2) is 19.9 Å². The number of furan rings is 1. The van der Waals surface area contributed by atoms with Gasteiger partial charge in [-0.2, -0.15) is 0 Å². The van der Waals surface area contributed by atoms with E-state index >= 15 is 0 Å². The van der Waals surface area contributed by atoms with Crippen molar-refractivity contribution in [1.82, 2.24) is 0 Å². The Morgan fingerprint density at radius 2 is 2.27 bits per heavy atom. The highest BCUT2D eigenvalue weighted by atomic mass is 32.2. The first-order valence-corrected chi connectivity index (χ1v) is 6.85. The van der Waals surface area contributed by atoms with Crippen molar-refractivity contribution in [2.75, 3.05) is 11.5 Å². The van der Waals surface area contributed by atoms with Gasteiger partial charge in [-0.15, -0.1) is 0 Å². The van der Waals surface area contributed by atoms with Gasteiger partial charge in [0, 0.05) is 17.4 Å². The third-order valence-electron chi connectivity index (χ3n) is 2.38. The first kappa shape index (κ1) is 12.3. The molecule has 0 aliphatic heterocycles. The maximum absolute atomic E-state index is 11.2. The fourth-order valence-corrected chi connectivity index (χ4v) is 2.22. The zero-order valence-electron chi connectivity index (χ0n) is 8.85. The van der Waals surface area contributed by atoms with Gasteiger partial charge in [0.1, 0.15) is 9.84 Å². The van der Waals surface area contributed by atoms with E-state index in [9.17, 15) is 8.42 Å². The van der Waals surface area contributed by atoms with E-state index in [2.05, 4.69) is 0 Å². The Balaban J connectivity index is 2.33.